The fraction of sp³-hybridized carbons (Fsp3) is 0.314. The number of aryl methyl sites for hydroxylation is 3. The van der Waals surface area contributed by atoms with Gasteiger partial charge in [-0.3, -0.25) is 9.69 Å². The van der Waals surface area contributed by atoms with Crippen LogP contribution in [0, 0.1) is 30.6 Å². The third-order valence-electron chi connectivity index (χ3n) is 8.31. The van der Waals surface area contributed by atoms with Crippen molar-refractivity contribution in [3.05, 3.63) is 115 Å². The van der Waals surface area contributed by atoms with Crippen LogP contribution in [0.15, 0.2) is 82.2 Å². The number of nitrogens with two attached hydrogens (primary N) is 1. The van der Waals surface area contributed by atoms with Crippen molar-refractivity contribution in [2.45, 2.75) is 70.4 Å². The summed E-state index contributed by atoms with van der Waals surface area (Å²) in [4.78, 5) is 17.0. The van der Waals surface area contributed by atoms with Crippen LogP contribution in [-0.2, 0) is 17.0 Å². The molecule has 1 heterocycles. The molecule has 2 aliphatic rings. The van der Waals surface area contributed by atoms with Crippen LogP contribution >= 0.6 is 35.0 Å². The second-order valence-electron chi connectivity index (χ2n) is 12.0. The van der Waals surface area contributed by atoms with E-state index < -0.39 is 5.92 Å². The van der Waals surface area contributed by atoms with Crippen LogP contribution in [0.25, 0.3) is 0 Å². The topological polar surface area (TPSA) is 70.1 Å². The lowest BCUT2D eigenvalue weighted by molar-refractivity contribution is -0.118. The number of nitrogens with zero attached hydrogens (tertiary/aromatic N) is 2. The lowest BCUT2D eigenvalue weighted by Gasteiger charge is -2.44. The Labute approximate surface area is 263 Å². The average Bonchev–Trinajstić information content (AvgIpc) is 2.93. The number of Topliss-reactive ketones (excluding diaryl/α,β-unsaturated/α-hetero) is 1. The Balaban J connectivity index is 1.68. The molecule has 0 amide bonds. The summed E-state index contributed by atoms with van der Waals surface area (Å²) in [7, 11) is 0. The summed E-state index contributed by atoms with van der Waals surface area (Å²) in [6.07, 6.45) is 1.91. The number of nitriles is 1. The van der Waals surface area contributed by atoms with Crippen LogP contribution in [0.1, 0.15) is 67.3 Å². The minimum atomic E-state index is -0.530. The number of allylic oxidation sites excluding steroid dienone is 3. The minimum Gasteiger partial charge on any atom is -0.384 e. The average molecular weight is 617 g/mol. The van der Waals surface area contributed by atoms with Gasteiger partial charge in [0.25, 0.3) is 0 Å². The van der Waals surface area contributed by atoms with E-state index in [9.17, 15) is 10.1 Å². The molecule has 0 saturated heterocycles. The van der Waals surface area contributed by atoms with E-state index in [4.69, 9.17) is 28.9 Å². The molecule has 0 saturated carbocycles. The van der Waals surface area contributed by atoms with Crippen LogP contribution < -0.4 is 10.6 Å². The molecule has 1 atom stereocenters. The molecule has 1 unspecified atom stereocenters. The fourth-order valence-electron chi connectivity index (χ4n) is 6.25. The quantitative estimate of drug-likeness (QED) is 0.280. The van der Waals surface area contributed by atoms with E-state index in [0.717, 1.165) is 50.5 Å². The maximum Gasteiger partial charge on any atom is 0.162 e. The summed E-state index contributed by atoms with van der Waals surface area (Å²) in [6, 6.07) is 20.3. The number of hydrogen-bond acceptors (Lipinski definition) is 5. The van der Waals surface area contributed by atoms with E-state index in [1.165, 1.54) is 0 Å². The Morgan fingerprint density at radius 1 is 1.05 bits per heavy atom. The SMILES string of the molecule is CCc1ccccc1N1C(N)=C(C#N)C(c2cc(CSc3cc(Cl)ccc3Cl)c(C)cc2C)C2=C1CC(C)(C)CC2=O. The number of para-hydroxylation sites is 1. The predicted molar refractivity (Wildman–Crippen MR) is 175 cm³/mol. The zero-order valence-corrected chi connectivity index (χ0v) is 27.0. The lowest BCUT2D eigenvalue weighted by Crippen LogP contribution is -2.42. The molecule has 3 aromatic carbocycles. The van der Waals surface area contributed by atoms with Crippen molar-refractivity contribution in [3.8, 4) is 6.07 Å². The second-order valence-corrected chi connectivity index (χ2v) is 13.8. The van der Waals surface area contributed by atoms with Gasteiger partial charge in [-0.15, -0.1) is 11.8 Å². The highest BCUT2D eigenvalue weighted by Gasteiger charge is 2.45. The summed E-state index contributed by atoms with van der Waals surface area (Å²) in [5.74, 6) is 0.606. The molecule has 0 fully saturated rings. The van der Waals surface area contributed by atoms with Crippen molar-refractivity contribution >= 4 is 46.4 Å². The fourth-order valence-corrected chi connectivity index (χ4v) is 7.81. The first-order valence-electron chi connectivity index (χ1n) is 14.2. The number of thioether (sulfide) groups is 1. The second kappa shape index (κ2) is 11.8. The Hall–Kier alpha value is -3.17. The molecule has 42 heavy (non-hydrogen) atoms. The predicted octanol–water partition coefficient (Wildman–Crippen LogP) is 9.41. The van der Waals surface area contributed by atoms with Crippen LogP contribution in [-0.4, -0.2) is 5.78 Å². The van der Waals surface area contributed by atoms with Gasteiger partial charge < -0.3 is 5.73 Å². The standard InChI is InChI=1S/C35H35Cl2N3OS/c1-6-22-9-7-8-10-28(22)40-29-16-35(4,5)17-30(41)33(29)32(26(18-38)34(40)39)25-14-23(20(2)13-21(25)3)19-42-31-15-24(36)11-12-27(31)37/h7-15,32H,6,16-17,19,39H2,1-5H3. The number of benzene rings is 3. The van der Waals surface area contributed by atoms with Gasteiger partial charge in [0.2, 0.25) is 0 Å². The van der Waals surface area contributed by atoms with E-state index >= 15 is 0 Å². The van der Waals surface area contributed by atoms with Gasteiger partial charge in [-0.25, -0.2) is 0 Å². The third kappa shape index (κ3) is 5.61. The van der Waals surface area contributed by atoms with Gasteiger partial charge in [-0.2, -0.15) is 5.26 Å². The molecule has 1 aliphatic carbocycles. The molecule has 4 nitrogen and oxygen atoms in total. The highest BCUT2D eigenvalue weighted by Crippen LogP contribution is 2.51. The third-order valence-corrected chi connectivity index (χ3v) is 10.1. The number of hydrogen-bond donors (Lipinski definition) is 1. The van der Waals surface area contributed by atoms with Crippen LogP contribution in [0.5, 0.6) is 0 Å². The van der Waals surface area contributed by atoms with Crippen LogP contribution in [0.2, 0.25) is 10.0 Å². The molecule has 7 heteroatoms. The molecule has 3 aromatic rings. The van der Waals surface area contributed by atoms with Gasteiger partial charge in [0.05, 0.1) is 28.3 Å². The molecule has 1 aliphatic heterocycles. The summed E-state index contributed by atoms with van der Waals surface area (Å²) in [6.45, 7) is 10.5. The first-order valence-corrected chi connectivity index (χ1v) is 15.9. The summed E-state index contributed by atoms with van der Waals surface area (Å²) >= 11 is 14.3. The van der Waals surface area contributed by atoms with Gasteiger partial charge >= 0.3 is 0 Å². The van der Waals surface area contributed by atoms with Crippen molar-refractivity contribution in [1.29, 1.82) is 5.26 Å². The Bertz CT molecular complexity index is 1700. The van der Waals surface area contributed by atoms with Crippen LogP contribution in [0.3, 0.4) is 0 Å². The van der Waals surface area contributed by atoms with Gasteiger partial charge in [-0.05, 0) is 84.2 Å². The normalized spacial score (nSPS) is 18.3. The highest BCUT2D eigenvalue weighted by atomic mass is 35.5. The largest absolute Gasteiger partial charge is 0.384 e. The molecule has 0 spiro atoms. The number of carbonyl (C=O) groups is 1. The number of carbonyl (C=O) groups excluding carboxylic acids is 1. The number of anilines is 1. The summed E-state index contributed by atoms with van der Waals surface area (Å²) in [5, 5.41) is 11.9. The van der Waals surface area contributed by atoms with Crippen LogP contribution in [0.4, 0.5) is 5.69 Å². The molecule has 0 bridgehead atoms. The van der Waals surface area contributed by atoms with E-state index in [1.807, 2.05) is 29.2 Å². The van der Waals surface area contributed by atoms with E-state index in [1.54, 1.807) is 23.9 Å². The lowest BCUT2D eigenvalue weighted by atomic mass is 9.68. The number of ketones is 1. The van der Waals surface area contributed by atoms with Gasteiger partial charge in [0, 0.05) is 33.4 Å². The Kier molecular flexibility index (Phi) is 8.54. The maximum absolute atomic E-state index is 14.1. The molecule has 5 rings (SSSR count). The van der Waals surface area contributed by atoms with Crippen molar-refractivity contribution in [2.75, 3.05) is 4.90 Å². The first kappa shape index (κ1) is 30.3. The summed E-state index contributed by atoms with van der Waals surface area (Å²) < 4.78 is 0. The zero-order valence-electron chi connectivity index (χ0n) is 24.6. The first-order chi connectivity index (χ1) is 20.0. The molecule has 0 aromatic heterocycles. The number of halogens is 2. The molecule has 216 valence electrons. The highest BCUT2D eigenvalue weighted by molar-refractivity contribution is 7.98. The monoisotopic (exact) mass is 615 g/mol. The van der Waals surface area contributed by atoms with Crippen molar-refractivity contribution in [2.24, 2.45) is 11.1 Å². The molecular weight excluding hydrogens is 581 g/mol. The molecule has 0 radical (unpaired) electrons. The van der Waals surface area contributed by atoms with Crippen molar-refractivity contribution in [3.63, 3.8) is 0 Å². The van der Waals surface area contributed by atoms with E-state index in [0.29, 0.717) is 45.6 Å². The van der Waals surface area contributed by atoms with E-state index in [-0.39, 0.29) is 11.2 Å². The van der Waals surface area contributed by atoms with Gasteiger partial charge in [-0.1, -0.05) is 74.3 Å². The van der Waals surface area contributed by atoms with Gasteiger partial charge in [0.15, 0.2) is 5.78 Å². The molecule has 2 N–H and O–H groups in total. The smallest absolute Gasteiger partial charge is 0.162 e. The van der Waals surface area contributed by atoms with Gasteiger partial charge in [0.1, 0.15) is 5.82 Å². The number of rotatable bonds is 6. The molecular formula is C35H35Cl2N3OS. The maximum atomic E-state index is 14.1. The van der Waals surface area contributed by atoms with Crippen molar-refractivity contribution < 1.29 is 4.79 Å². The Morgan fingerprint density at radius 2 is 1.79 bits per heavy atom. The van der Waals surface area contributed by atoms with E-state index in [2.05, 4.69) is 58.9 Å². The summed E-state index contributed by atoms with van der Waals surface area (Å²) in [5.41, 5.74) is 15.0. The Morgan fingerprint density at radius 3 is 2.50 bits per heavy atom. The van der Waals surface area contributed by atoms with Crippen molar-refractivity contribution in [1.82, 2.24) is 0 Å². The minimum absolute atomic E-state index is 0.0760. The zero-order chi connectivity index (χ0) is 30.3.